The van der Waals surface area contributed by atoms with Gasteiger partial charge in [0.05, 0.1) is 5.56 Å². The van der Waals surface area contributed by atoms with Crippen molar-refractivity contribution in [3.8, 4) is 0 Å². The first kappa shape index (κ1) is 16.6. The maximum Gasteiger partial charge on any atom is 0.416 e. The number of anilines is 1. The van der Waals surface area contributed by atoms with Gasteiger partial charge in [0.1, 0.15) is 0 Å². The highest BCUT2D eigenvalue weighted by Crippen LogP contribution is 2.30. The molecule has 0 radical (unpaired) electrons. The summed E-state index contributed by atoms with van der Waals surface area (Å²) in [5.41, 5.74) is -0.602. The quantitative estimate of drug-likeness (QED) is 0.900. The largest absolute Gasteiger partial charge is 0.416 e. The standard InChI is InChI=1S/C15H20F3N3O/c1-19-10-11-5-7-21(8-6-11)14(22)20-13-4-2-3-12(9-13)15(16,17)18/h2-4,9,11,19H,5-8,10H2,1H3,(H,20,22). The van der Waals surface area contributed by atoms with Crippen LogP contribution in [0.2, 0.25) is 0 Å². The SMILES string of the molecule is CNCC1CCN(C(=O)Nc2cccc(C(F)(F)F)c2)CC1. The summed E-state index contributed by atoms with van der Waals surface area (Å²) in [5, 5.41) is 5.66. The number of hydrogen-bond acceptors (Lipinski definition) is 2. The topological polar surface area (TPSA) is 44.4 Å². The van der Waals surface area contributed by atoms with Gasteiger partial charge in [0.2, 0.25) is 0 Å². The van der Waals surface area contributed by atoms with Crippen molar-refractivity contribution in [2.75, 3.05) is 32.0 Å². The number of piperidine rings is 1. The van der Waals surface area contributed by atoms with E-state index < -0.39 is 11.7 Å². The summed E-state index contributed by atoms with van der Waals surface area (Å²) < 4.78 is 37.9. The zero-order chi connectivity index (χ0) is 16.2. The van der Waals surface area contributed by atoms with E-state index in [0.29, 0.717) is 19.0 Å². The molecule has 7 heteroatoms. The minimum absolute atomic E-state index is 0.164. The summed E-state index contributed by atoms with van der Waals surface area (Å²) in [5.74, 6) is 0.544. The fraction of sp³-hybridized carbons (Fsp3) is 0.533. The van der Waals surface area contributed by atoms with Crippen LogP contribution in [0.4, 0.5) is 23.7 Å². The van der Waals surface area contributed by atoms with E-state index in [2.05, 4.69) is 10.6 Å². The van der Waals surface area contributed by atoms with Gasteiger partial charge in [-0.15, -0.1) is 0 Å². The molecule has 0 saturated carbocycles. The van der Waals surface area contributed by atoms with Gasteiger partial charge < -0.3 is 15.5 Å². The van der Waals surface area contributed by atoms with Crippen LogP contribution in [0, 0.1) is 5.92 Å². The van der Waals surface area contributed by atoms with E-state index >= 15 is 0 Å². The summed E-state index contributed by atoms with van der Waals surface area (Å²) in [6.45, 7) is 2.16. The third-order valence-electron chi connectivity index (χ3n) is 3.84. The molecule has 1 aromatic carbocycles. The van der Waals surface area contributed by atoms with Gasteiger partial charge in [0.25, 0.3) is 0 Å². The molecule has 2 amide bonds. The van der Waals surface area contributed by atoms with Crippen molar-refractivity contribution in [3.63, 3.8) is 0 Å². The Hall–Kier alpha value is -1.76. The highest BCUT2D eigenvalue weighted by atomic mass is 19.4. The van der Waals surface area contributed by atoms with E-state index in [1.165, 1.54) is 12.1 Å². The fourth-order valence-corrected chi connectivity index (χ4v) is 2.60. The average Bonchev–Trinajstić information content (AvgIpc) is 2.48. The third kappa shape index (κ3) is 4.37. The summed E-state index contributed by atoms with van der Waals surface area (Å²) in [6.07, 6.45) is -2.61. The van der Waals surface area contributed by atoms with Crippen LogP contribution in [0.15, 0.2) is 24.3 Å². The molecule has 1 aliphatic heterocycles. The van der Waals surface area contributed by atoms with Crippen LogP contribution in [0.5, 0.6) is 0 Å². The molecule has 1 aliphatic rings. The van der Waals surface area contributed by atoms with Crippen LogP contribution in [0.25, 0.3) is 0 Å². The average molecular weight is 315 g/mol. The summed E-state index contributed by atoms with van der Waals surface area (Å²) in [7, 11) is 1.90. The molecule has 2 rings (SSSR count). The monoisotopic (exact) mass is 315 g/mol. The smallest absolute Gasteiger partial charge is 0.325 e. The first-order valence-electron chi connectivity index (χ1n) is 7.28. The molecule has 1 aromatic rings. The van der Waals surface area contributed by atoms with Crippen LogP contribution < -0.4 is 10.6 Å². The maximum atomic E-state index is 12.6. The van der Waals surface area contributed by atoms with Crippen molar-refractivity contribution in [1.29, 1.82) is 0 Å². The second-order valence-electron chi connectivity index (χ2n) is 5.50. The lowest BCUT2D eigenvalue weighted by Gasteiger charge is -2.32. The Bertz CT molecular complexity index is 511. The molecule has 0 atom stereocenters. The lowest BCUT2D eigenvalue weighted by Crippen LogP contribution is -2.42. The number of rotatable bonds is 3. The van der Waals surface area contributed by atoms with Gasteiger partial charge >= 0.3 is 12.2 Å². The molecule has 0 unspecified atom stereocenters. The molecule has 0 aromatic heterocycles. The van der Waals surface area contributed by atoms with Crippen molar-refractivity contribution >= 4 is 11.7 Å². The Morgan fingerprint density at radius 2 is 2.00 bits per heavy atom. The molecule has 0 aliphatic carbocycles. The number of nitrogens with zero attached hydrogens (tertiary/aromatic N) is 1. The minimum atomic E-state index is -4.41. The lowest BCUT2D eigenvalue weighted by molar-refractivity contribution is -0.137. The Kier molecular flexibility index (Phi) is 5.28. The molecule has 1 saturated heterocycles. The van der Waals surface area contributed by atoms with Crippen LogP contribution >= 0.6 is 0 Å². The highest BCUT2D eigenvalue weighted by Gasteiger charge is 2.30. The normalized spacial score (nSPS) is 16.6. The van der Waals surface area contributed by atoms with E-state index in [1.54, 1.807) is 4.90 Å². The van der Waals surface area contributed by atoms with Crippen molar-refractivity contribution < 1.29 is 18.0 Å². The van der Waals surface area contributed by atoms with Gasteiger partial charge in [0.15, 0.2) is 0 Å². The van der Waals surface area contributed by atoms with Crippen molar-refractivity contribution in [1.82, 2.24) is 10.2 Å². The number of alkyl halides is 3. The number of carbonyl (C=O) groups is 1. The predicted molar refractivity (Wildman–Crippen MR) is 78.7 cm³/mol. The van der Waals surface area contributed by atoms with E-state index in [4.69, 9.17) is 0 Å². The molecule has 2 N–H and O–H groups in total. The number of nitrogens with one attached hydrogen (secondary N) is 2. The highest BCUT2D eigenvalue weighted by molar-refractivity contribution is 5.89. The maximum absolute atomic E-state index is 12.6. The molecule has 122 valence electrons. The van der Waals surface area contributed by atoms with E-state index in [9.17, 15) is 18.0 Å². The zero-order valence-corrected chi connectivity index (χ0v) is 12.4. The zero-order valence-electron chi connectivity index (χ0n) is 12.4. The number of urea groups is 1. The minimum Gasteiger partial charge on any atom is -0.325 e. The number of hydrogen-bond donors (Lipinski definition) is 2. The molecule has 0 spiro atoms. The lowest BCUT2D eigenvalue weighted by atomic mass is 9.97. The molecule has 1 fully saturated rings. The molecule has 1 heterocycles. The Labute approximate surface area is 127 Å². The number of likely N-dealkylation sites (tertiary alicyclic amines) is 1. The van der Waals surface area contributed by atoms with Crippen LogP contribution in [0.1, 0.15) is 18.4 Å². The van der Waals surface area contributed by atoms with Crippen molar-refractivity contribution in [2.24, 2.45) is 5.92 Å². The second kappa shape index (κ2) is 7.00. The van der Waals surface area contributed by atoms with Gasteiger partial charge in [-0.2, -0.15) is 13.2 Å². The summed E-state index contributed by atoms with van der Waals surface area (Å²) >= 11 is 0. The van der Waals surface area contributed by atoms with Crippen LogP contribution in [-0.4, -0.2) is 37.6 Å². The first-order chi connectivity index (χ1) is 10.4. The Morgan fingerprint density at radius 3 is 2.59 bits per heavy atom. The van der Waals surface area contributed by atoms with E-state index in [-0.39, 0.29) is 11.7 Å². The van der Waals surface area contributed by atoms with Gasteiger partial charge in [-0.3, -0.25) is 0 Å². The number of benzene rings is 1. The van der Waals surface area contributed by atoms with Crippen LogP contribution in [0.3, 0.4) is 0 Å². The van der Waals surface area contributed by atoms with Gasteiger partial charge in [-0.25, -0.2) is 4.79 Å². The summed E-state index contributed by atoms with van der Waals surface area (Å²) in [4.78, 5) is 13.8. The van der Waals surface area contributed by atoms with Crippen molar-refractivity contribution in [3.05, 3.63) is 29.8 Å². The number of amides is 2. The Morgan fingerprint density at radius 1 is 1.32 bits per heavy atom. The summed E-state index contributed by atoms with van der Waals surface area (Å²) in [6, 6.07) is 4.34. The van der Waals surface area contributed by atoms with E-state index in [0.717, 1.165) is 31.5 Å². The molecule has 4 nitrogen and oxygen atoms in total. The molecule has 0 bridgehead atoms. The predicted octanol–water partition coefficient (Wildman–Crippen LogP) is 3.17. The van der Waals surface area contributed by atoms with Crippen LogP contribution in [-0.2, 0) is 6.18 Å². The fourth-order valence-electron chi connectivity index (χ4n) is 2.60. The molecule has 22 heavy (non-hydrogen) atoms. The second-order valence-corrected chi connectivity index (χ2v) is 5.50. The number of halogens is 3. The Balaban J connectivity index is 1.93. The molecular weight excluding hydrogens is 295 g/mol. The van der Waals surface area contributed by atoms with E-state index in [1.807, 2.05) is 7.05 Å². The number of carbonyl (C=O) groups excluding carboxylic acids is 1. The first-order valence-corrected chi connectivity index (χ1v) is 7.28. The molecular formula is C15H20F3N3O. The van der Waals surface area contributed by atoms with Gasteiger partial charge in [-0.05, 0) is 50.6 Å². The van der Waals surface area contributed by atoms with Gasteiger partial charge in [0, 0.05) is 18.8 Å². The van der Waals surface area contributed by atoms with Crippen molar-refractivity contribution in [2.45, 2.75) is 19.0 Å². The third-order valence-corrected chi connectivity index (χ3v) is 3.84. The van der Waals surface area contributed by atoms with Gasteiger partial charge in [-0.1, -0.05) is 6.07 Å².